The minimum atomic E-state index is -2.18. The fraction of sp³-hybridized carbons (Fsp3) is 0.765. The van der Waals surface area contributed by atoms with Gasteiger partial charge in [0.15, 0.2) is 55.5 Å². The predicted octanol–water partition coefficient (Wildman–Crippen LogP) is -3.01. The molecule has 0 spiro atoms. The molecule has 3 N–H and O–H groups in total. The summed E-state index contributed by atoms with van der Waals surface area (Å²) in [5.41, 5.74) is 0. The van der Waals surface area contributed by atoms with Crippen LogP contribution in [0.15, 0.2) is 0 Å². The fourth-order valence-electron chi connectivity index (χ4n) is 6.27. The Labute approximate surface area is 330 Å². The number of aliphatic hydroxyl groups is 3. The van der Waals surface area contributed by atoms with E-state index in [4.69, 9.17) is 61.6 Å². The Bertz CT molecular complexity index is 1500. The fourth-order valence-corrected chi connectivity index (χ4v) is 6.27. The molecule has 3 rings (SSSR count). The van der Waals surface area contributed by atoms with Crippen molar-refractivity contribution in [2.75, 3.05) is 19.8 Å². The van der Waals surface area contributed by atoms with E-state index in [0.29, 0.717) is 0 Å². The predicted molar refractivity (Wildman–Crippen MR) is 178 cm³/mol. The number of carbonyl (C=O) groups excluding carboxylic acids is 8. The monoisotopic (exact) mass is 840 g/mol. The Kier molecular flexibility index (Phi) is 17.7. The third-order valence-electron chi connectivity index (χ3n) is 8.30. The van der Waals surface area contributed by atoms with Crippen LogP contribution >= 0.6 is 0 Å². The highest BCUT2D eigenvalue weighted by atomic mass is 16.8. The summed E-state index contributed by atoms with van der Waals surface area (Å²) >= 11 is 0. The van der Waals surface area contributed by atoms with Gasteiger partial charge in [-0.15, -0.1) is 0 Å². The number of esters is 8. The van der Waals surface area contributed by atoms with E-state index < -0.39 is 160 Å². The molecule has 3 fully saturated rings. The second-order valence-corrected chi connectivity index (χ2v) is 13.1. The molecule has 3 saturated heterocycles. The molecule has 0 aromatic heterocycles. The molecule has 24 nitrogen and oxygen atoms in total. The van der Waals surface area contributed by atoms with Crippen molar-refractivity contribution in [3.63, 3.8) is 0 Å². The number of hydrogen-bond donors (Lipinski definition) is 3. The van der Waals surface area contributed by atoms with Crippen LogP contribution in [0.4, 0.5) is 0 Å². The molecule has 3 aliphatic heterocycles. The van der Waals surface area contributed by atoms with Crippen molar-refractivity contribution in [1.82, 2.24) is 0 Å². The van der Waals surface area contributed by atoms with Crippen LogP contribution in [0.2, 0.25) is 0 Å². The van der Waals surface area contributed by atoms with Gasteiger partial charge in [-0.25, -0.2) is 0 Å². The van der Waals surface area contributed by atoms with Gasteiger partial charge < -0.3 is 76.9 Å². The van der Waals surface area contributed by atoms with Crippen molar-refractivity contribution in [1.29, 1.82) is 0 Å². The van der Waals surface area contributed by atoms with Gasteiger partial charge in [-0.1, -0.05) is 0 Å². The lowest BCUT2D eigenvalue weighted by Crippen LogP contribution is -2.68. The van der Waals surface area contributed by atoms with Gasteiger partial charge >= 0.3 is 47.8 Å². The number of rotatable bonds is 15. The number of ether oxygens (including phenoxy) is 13. The summed E-state index contributed by atoms with van der Waals surface area (Å²) in [5.74, 6) is -7.45. The maximum atomic E-state index is 12.4. The van der Waals surface area contributed by atoms with Crippen molar-refractivity contribution < 1.29 is 115 Å². The molecule has 0 saturated carbocycles. The highest BCUT2D eigenvalue weighted by Crippen LogP contribution is 2.37. The second kappa shape index (κ2) is 21.4. The van der Waals surface area contributed by atoms with Crippen LogP contribution in [0.5, 0.6) is 0 Å². The van der Waals surface area contributed by atoms with E-state index in [1.54, 1.807) is 0 Å². The first kappa shape index (κ1) is 47.8. The molecule has 3 aliphatic rings. The summed E-state index contributed by atoms with van der Waals surface area (Å²) in [6.07, 6.45) is -27.1. The molecule has 0 aromatic rings. The Morgan fingerprint density at radius 2 is 0.741 bits per heavy atom. The molecule has 3 heterocycles. The van der Waals surface area contributed by atoms with Gasteiger partial charge in [0.05, 0.1) is 6.61 Å². The molecular weight excluding hydrogens is 792 g/mol. The van der Waals surface area contributed by atoms with E-state index in [1.165, 1.54) is 0 Å². The quantitative estimate of drug-likeness (QED) is 0.109. The van der Waals surface area contributed by atoms with Gasteiger partial charge in [0.25, 0.3) is 0 Å². The van der Waals surface area contributed by atoms with Crippen molar-refractivity contribution >= 4 is 47.8 Å². The maximum Gasteiger partial charge on any atom is 0.303 e. The maximum absolute atomic E-state index is 12.4. The first-order chi connectivity index (χ1) is 27.1. The lowest BCUT2D eigenvalue weighted by molar-refractivity contribution is -0.388. The summed E-state index contributed by atoms with van der Waals surface area (Å²) in [7, 11) is 0. The van der Waals surface area contributed by atoms with Crippen molar-refractivity contribution in [3.05, 3.63) is 0 Å². The molecule has 328 valence electrons. The van der Waals surface area contributed by atoms with Crippen molar-refractivity contribution in [2.24, 2.45) is 0 Å². The summed E-state index contributed by atoms with van der Waals surface area (Å²) in [6.45, 7) is 5.69. The highest BCUT2D eigenvalue weighted by molar-refractivity contribution is 5.70. The molecule has 0 bridgehead atoms. The smallest absolute Gasteiger partial charge is 0.303 e. The third kappa shape index (κ3) is 13.2. The van der Waals surface area contributed by atoms with Crippen LogP contribution in [-0.2, 0) is 99.9 Å². The Morgan fingerprint density at radius 3 is 1.07 bits per heavy atom. The van der Waals surface area contributed by atoms with E-state index in [2.05, 4.69) is 0 Å². The standard InChI is InChI=1S/C34H48O24/c1-12(36)46-10-21-24(48-14(3)38)27(50-16(5)40)30(52-18(7)42)33(55-21)57-26-23(44)20(9-35)54-32(45)29(26)58-34-31(53-19(8)43)28(51-17(6)41)25(49-15(4)39)22(56-34)11-47-13(2)37/h20-35,44-45H,9-11H2,1-8H3/t20?,21?,22?,23-,24-,25-,26+,27?,28?,29?,30?,31?,32-,33+,34+/m1/s1. The van der Waals surface area contributed by atoms with Crippen LogP contribution in [0.25, 0.3) is 0 Å². The lowest BCUT2D eigenvalue weighted by Gasteiger charge is -2.49. The molecule has 8 unspecified atom stereocenters. The molecular formula is C34H48O24. The average Bonchev–Trinajstić information content (AvgIpc) is 3.09. The molecule has 0 amide bonds. The van der Waals surface area contributed by atoms with Crippen LogP contribution in [0, 0.1) is 0 Å². The van der Waals surface area contributed by atoms with E-state index in [-0.39, 0.29) is 0 Å². The lowest BCUT2D eigenvalue weighted by atomic mass is 9.95. The number of carbonyl (C=O) groups is 8. The van der Waals surface area contributed by atoms with Crippen LogP contribution in [0.3, 0.4) is 0 Å². The number of hydrogen-bond acceptors (Lipinski definition) is 24. The normalized spacial score (nSPS) is 34.6. The van der Waals surface area contributed by atoms with E-state index in [1.807, 2.05) is 0 Å². The Balaban J connectivity index is 2.17. The van der Waals surface area contributed by atoms with Crippen molar-refractivity contribution in [2.45, 2.75) is 148 Å². The zero-order valence-corrected chi connectivity index (χ0v) is 32.7. The van der Waals surface area contributed by atoms with E-state index >= 15 is 0 Å². The van der Waals surface area contributed by atoms with Crippen LogP contribution in [0.1, 0.15) is 55.4 Å². The topological polar surface area (TPSA) is 317 Å². The number of aliphatic hydroxyl groups excluding tert-OH is 3. The molecule has 24 heteroatoms. The molecule has 0 aromatic carbocycles. The van der Waals surface area contributed by atoms with Gasteiger partial charge in [-0.2, -0.15) is 0 Å². The summed E-state index contributed by atoms with van der Waals surface area (Å²) in [5, 5.41) is 32.8. The Hall–Kier alpha value is -4.56. The zero-order chi connectivity index (χ0) is 43.6. The minimum absolute atomic E-state index is 0.665. The summed E-state index contributed by atoms with van der Waals surface area (Å²) < 4.78 is 72.0. The van der Waals surface area contributed by atoms with E-state index in [9.17, 15) is 53.7 Å². The van der Waals surface area contributed by atoms with Crippen LogP contribution in [-0.4, -0.2) is 175 Å². The van der Waals surface area contributed by atoms with Crippen molar-refractivity contribution in [3.8, 4) is 0 Å². The zero-order valence-electron chi connectivity index (χ0n) is 32.7. The Morgan fingerprint density at radius 1 is 0.414 bits per heavy atom. The van der Waals surface area contributed by atoms with Gasteiger partial charge in [-0.3, -0.25) is 38.4 Å². The molecule has 0 aliphatic carbocycles. The average molecular weight is 841 g/mol. The van der Waals surface area contributed by atoms with Gasteiger partial charge in [0.2, 0.25) is 0 Å². The van der Waals surface area contributed by atoms with Crippen LogP contribution < -0.4 is 0 Å². The largest absolute Gasteiger partial charge is 0.463 e. The van der Waals surface area contributed by atoms with Gasteiger partial charge in [0, 0.05) is 55.4 Å². The van der Waals surface area contributed by atoms with Gasteiger partial charge in [-0.05, 0) is 0 Å². The molecule has 15 atom stereocenters. The molecule has 0 radical (unpaired) electrons. The summed E-state index contributed by atoms with van der Waals surface area (Å²) in [6, 6.07) is 0. The SMILES string of the molecule is CC(=O)OCC1O[C@@H](OC2[C@H](O)OC(CO)[C@@H](O)[C@@H]2O[C@@H]2OC(COC(C)=O)[C@@H](OC(C)=O)C(OC(C)=O)C2OC(C)=O)C(OC(C)=O)C(OC(C)=O)[C@@H]1OC(C)=O. The second-order valence-electron chi connectivity index (χ2n) is 13.1. The first-order valence-corrected chi connectivity index (χ1v) is 17.7. The summed E-state index contributed by atoms with van der Waals surface area (Å²) in [4.78, 5) is 97.5. The molecule has 58 heavy (non-hydrogen) atoms. The van der Waals surface area contributed by atoms with E-state index in [0.717, 1.165) is 55.4 Å². The highest BCUT2D eigenvalue weighted by Gasteiger charge is 2.58. The third-order valence-corrected chi connectivity index (χ3v) is 8.30. The minimum Gasteiger partial charge on any atom is -0.463 e. The first-order valence-electron chi connectivity index (χ1n) is 17.7. The van der Waals surface area contributed by atoms with Gasteiger partial charge in [0.1, 0.15) is 49.8 Å².